The van der Waals surface area contributed by atoms with Gasteiger partial charge in [0.15, 0.2) is 4.99 Å². The van der Waals surface area contributed by atoms with Gasteiger partial charge in [0, 0.05) is 13.1 Å². The van der Waals surface area contributed by atoms with Gasteiger partial charge in [-0.2, -0.15) is 8.42 Å². The third-order valence-corrected chi connectivity index (χ3v) is 3.97. The van der Waals surface area contributed by atoms with Crippen molar-refractivity contribution in [2.75, 3.05) is 31.6 Å². The second-order valence-electron chi connectivity index (χ2n) is 4.60. The largest absolute Gasteiger partial charge is 0.324 e. The Bertz CT molecular complexity index is 709. The molecule has 0 bridgehead atoms. The van der Waals surface area contributed by atoms with Crippen molar-refractivity contribution >= 4 is 32.3 Å². The SMILES string of the molecule is CN1CCN(c2nc3ccccc3[nH]2)C(=S(=O)=O)C1. The first-order valence-electron chi connectivity index (χ1n) is 6.01. The monoisotopic (exact) mass is 278 g/mol. The van der Waals surface area contributed by atoms with Crippen molar-refractivity contribution in [1.29, 1.82) is 0 Å². The van der Waals surface area contributed by atoms with Gasteiger partial charge in [-0.05, 0) is 19.2 Å². The van der Waals surface area contributed by atoms with Crippen molar-refractivity contribution in [1.82, 2.24) is 14.9 Å². The first-order chi connectivity index (χ1) is 9.15. The maximum absolute atomic E-state index is 11.4. The molecule has 0 spiro atoms. The summed E-state index contributed by atoms with van der Waals surface area (Å²) in [6, 6.07) is 7.66. The minimum atomic E-state index is -2.23. The van der Waals surface area contributed by atoms with Gasteiger partial charge in [0.05, 0.1) is 17.6 Å². The number of hydrogen-bond acceptors (Lipinski definition) is 4. The Balaban J connectivity index is 2.07. The lowest BCUT2D eigenvalue weighted by Crippen LogP contribution is -2.49. The van der Waals surface area contributed by atoms with Crippen LogP contribution < -0.4 is 4.90 Å². The van der Waals surface area contributed by atoms with Crippen LogP contribution in [0.3, 0.4) is 0 Å². The number of piperazine rings is 1. The Kier molecular flexibility index (Phi) is 3.00. The number of benzene rings is 1. The van der Waals surface area contributed by atoms with Gasteiger partial charge in [0.25, 0.3) is 0 Å². The van der Waals surface area contributed by atoms with E-state index in [1.54, 1.807) is 4.90 Å². The molecule has 0 aliphatic carbocycles. The summed E-state index contributed by atoms with van der Waals surface area (Å²) in [6.07, 6.45) is 0. The number of fused-ring (bicyclic) bond motifs is 1. The molecule has 1 aliphatic heterocycles. The summed E-state index contributed by atoms with van der Waals surface area (Å²) in [5.74, 6) is 0.591. The first kappa shape index (κ1) is 12.2. The molecule has 1 saturated heterocycles. The number of aromatic nitrogens is 2. The third-order valence-electron chi connectivity index (χ3n) is 3.24. The highest BCUT2D eigenvalue weighted by molar-refractivity contribution is 7.73. The molecule has 6 nitrogen and oxygen atoms in total. The second-order valence-corrected chi connectivity index (χ2v) is 5.54. The van der Waals surface area contributed by atoms with Crippen molar-refractivity contribution in [3.63, 3.8) is 0 Å². The number of aromatic amines is 1. The maximum atomic E-state index is 11.4. The zero-order valence-corrected chi connectivity index (χ0v) is 11.3. The normalized spacial score (nSPS) is 17.1. The van der Waals surface area contributed by atoms with Crippen LogP contribution in [-0.2, 0) is 10.3 Å². The van der Waals surface area contributed by atoms with E-state index in [-0.39, 0.29) is 0 Å². The molecule has 1 aromatic carbocycles. The van der Waals surface area contributed by atoms with E-state index in [2.05, 4.69) is 9.97 Å². The Morgan fingerprint density at radius 3 is 2.79 bits per heavy atom. The number of imidazole rings is 1. The Labute approximate surface area is 112 Å². The van der Waals surface area contributed by atoms with Gasteiger partial charge in [0.1, 0.15) is 0 Å². The number of H-pyrrole nitrogens is 1. The minimum Gasteiger partial charge on any atom is -0.324 e. The van der Waals surface area contributed by atoms with Crippen LogP contribution >= 0.6 is 0 Å². The summed E-state index contributed by atoms with van der Waals surface area (Å²) < 4.78 is 22.7. The number of rotatable bonds is 1. The predicted molar refractivity (Wildman–Crippen MR) is 74.9 cm³/mol. The topological polar surface area (TPSA) is 69.3 Å². The number of likely N-dealkylation sites (N-methyl/N-ethyl adjacent to an activating group) is 1. The Hall–Kier alpha value is -1.86. The van der Waals surface area contributed by atoms with Crippen LogP contribution in [0, 0.1) is 0 Å². The van der Waals surface area contributed by atoms with E-state index >= 15 is 0 Å². The molecular weight excluding hydrogens is 264 g/mol. The van der Waals surface area contributed by atoms with Gasteiger partial charge in [-0.1, -0.05) is 12.1 Å². The molecule has 2 heterocycles. The van der Waals surface area contributed by atoms with E-state index in [0.29, 0.717) is 24.0 Å². The number of nitrogens with zero attached hydrogens (tertiary/aromatic N) is 3. The smallest absolute Gasteiger partial charge is 0.235 e. The predicted octanol–water partition coefficient (Wildman–Crippen LogP) is 0.324. The average molecular weight is 278 g/mol. The molecule has 1 fully saturated rings. The van der Waals surface area contributed by atoms with E-state index in [0.717, 1.165) is 17.6 Å². The highest BCUT2D eigenvalue weighted by atomic mass is 32.2. The summed E-state index contributed by atoms with van der Waals surface area (Å²) >= 11 is 0. The van der Waals surface area contributed by atoms with Crippen molar-refractivity contribution in [2.24, 2.45) is 0 Å². The fraction of sp³-hybridized carbons (Fsp3) is 0.333. The molecule has 19 heavy (non-hydrogen) atoms. The molecule has 1 N–H and O–H groups in total. The molecule has 0 atom stereocenters. The van der Waals surface area contributed by atoms with Gasteiger partial charge < -0.3 is 9.88 Å². The molecule has 1 aromatic heterocycles. The molecule has 3 rings (SSSR count). The summed E-state index contributed by atoms with van der Waals surface area (Å²) in [7, 11) is -0.328. The third kappa shape index (κ3) is 2.22. The zero-order chi connectivity index (χ0) is 13.4. The summed E-state index contributed by atoms with van der Waals surface area (Å²) in [5, 5.41) is 0. The maximum Gasteiger partial charge on any atom is 0.235 e. The number of para-hydroxylation sites is 2. The highest BCUT2D eigenvalue weighted by Gasteiger charge is 2.24. The lowest BCUT2D eigenvalue weighted by atomic mass is 10.3. The minimum absolute atomic E-state index is 0.354. The van der Waals surface area contributed by atoms with Gasteiger partial charge in [-0.15, -0.1) is 0 Å². The van der Waals surface area contributed by atoms with E-state index in [4.69, 9.17) is 0 Å². The zero-order valence-electron chi connectivity index (χ0n) is 10.5. The highest BCUT2D eigenvalue weighted by Crippen LogP contribution is 2.18. The van der Waals surface area contributed by atoms with Crippen LogP contribution in [0.2, 0.25) is 0 Å². The molecule has 1 aliphatic rings. The van der Waals surface area contributed by atoms with Gasteiger partial charge >= 0.3 is 0 Å². The molecule has 7 heteroatoms. The molecule has 0 amide bonds. The number of nitrogens with one attached hydrogen (secondary N) is 1. The summed E-state index contributed by atoms with van der Waals surface area (Å²) in [4.78, 5) is 11.7. The average Bonchev–Trinajstić information content (AvgIpc) is 2.82. The molecule has 2 aromatic rings. The molecule has 0 unspecified atom stereocenters. The van der Waals surface area contributed by atoms with Crippen molar-refractivity contribution in [3.8, 4) is 0 Å². The number of hydrogen-bond donors (Lipinski definition) is 1. The van der Waals surface area contributed by atoms with Crippen molar-refractivity contribution in [3.05, 3.63) is 24.3 Å². The Morgan fingerprint density at radius 1 is 1.26 bits per heavy atom. The van der Waals surface area contributed by atoms with E-state index in [9.17, 15) is 8.42 Å². The quantitative estimate of drug-likeness (QED) is 0.761. The van der Waals surface area contributed by atoms with Crippen LogP contribution in [0.1, 0.15) is 0 Å². The lowest BCUT2D eigenvalue weighted by Gasteiger charge is -2.31. The van der Waals surface area contributed by atoms with E-state index in [1.807, 2.05) is 36.2 Å². The molecule has 0 saturated carbocycles. The first-order valence-corrected chi connectivity index (χ1v) is 7.08. The lowest BCUT2D eigenvalue weighted by molar-refractivity contribution is 0.373. The number of anilines is 1. The van der Waals surface area contributed by atoms with Gasteiger partial charge in [-0.25, -0.2) is 4.98 Å². The van der Waals surface area contributed by atoms with Crippen molar-refractivity contribution in [2.45, 2.75) is 0 Å². The molecular formula is C12H14N4O2S. The molecule has 100 valence electrons. The summed E-state index contributed by atoms with van der Waals surface area (Å²) in [6.45, 7) is 1.82. The molecule has 0 radical (unpaired) electrons. The van der Waals surface area contributed by atoms with Crippen LogP contribution in [0.25, 0.3) is 11.0 Å². The standard InChI is InChI=1S/C12H14N4O2S/c1-15-6-7-16(11(8-15)19(17)18)12-13-9-4-2-3-5-10(9)14-12/h2-5H,6-8H2,1H3,(H,13,14). The Morgan fingerprint density at radius 2 is 2.05 bits per heavy atom. The van der Waals surface area contributed by atoms with E-state index < -0.39 is 10.3 Å². The summed E-state index contributed by atoms with van der Waals surface area (Å²) in [5.41, 5.74) is 1.75. The van der Waals surface area contributed by atoms with E-state index in [1.165, 1.54) is 0 Å². The van der Waals surface area contributed by atoms with Crippen LogP contribution in [0.15, 0.2) is 24.3 Å². The van der Waals surface area contributed by atoms with Crippen LogP contribution in [-0.4, -0.2) is 55.0 Å². The second kappa shape index (κ2) is 4.67. The van der Waals surface area contributed by atoms with Crippen LogP contribution in [0.4, 0.5) is 5.95 Å². The van der Waals surface area contributed by atoms with Gasteiger partial charge in [0.2, 0.25) is 16.2 Å². The van der Waals surface area contributed by atoms with Crippen LogP contribution in [0.5, 0.6) is 0 Å². The van der Waals surface area contributed by atoms with Gasteiger partial charge in [-0.3, -0.25) is 4.90 Å². The fourth-order valence-corrected chi connectivity index (χ4v) is 2.91. The fourth-order valence-electron chi connectivity index (χ4n) is 2.22. The van der Waals surface area contributed by atoms with Crippen molar-refractivity contribution < 1.29 is 8.42 Å².